The molecular formula is C29H19O5P. The molecule has 0 bridgehead atoms. The van der Waals surface area contributed by atoms with Crippen LogP contribution in [-0.4, -0.2) is 20.9 Å². The fourth-order valence-corrected chi connectivity index (χ4v) is 6.03. The molecule has 0 aliphatic heterocycles. The van der Waals surface area contributed by atoms with Crippen molar-refractivity contribution in [2.24, 2.45) is 0 Å². The van der Waals surface area contributed by atoms with Gasteiger partial charge in [0, 0.05) is 0 Å². The van der Waals surface area contributed by atoms with Crippen molar-refractivity contribution in [3.05, 3.63) is 103 Å². The van der Waals surface area contributed by atoms with Crippen molar-refractivity contribution in [1.29, 1.82) is 0 Å². The number of benzene rings is 6. The SMILES string of the molecule is O=C(O)c1c2ccccc2cc2ccc(-c3ccc4cc5ccccc5c(P(=O)(O)O)c4c3)cc12. The number of carboxylic acids is 1. The predicted octanol–water partition coefficient (Wildman–Crippen LogP) is 6.47. The Bertz CT molecular complexity index is 1880. The molecule has 0 aromatic heterocycles. The smallest absolute Gasteiger partial charge is 0.357 e. The molecule has 0 unspecified atom stereocenters. The van der Waals surface area contributed by atoms with Crippen LogP contribution in [0.1, 0.15) is 10.4 Å². The van der Waals surface area contributed by atoms with E-state index >= 15 is 0 Å². The van der Waals surface area contributed by atoms with Crippen LogP contribution in [0.2, 0.25) is 0 Å². The van der Waals surface area contributed by atoms with Crippen molar-refractivity contribution in [3.8, 4) is 11.1 Å². The molecular weight excluding hydrogens is 459 g/mol. The molecule has 6 aromatic rings. The summed E-state index contributed by atoms with van der Waals surface area (Å²) in [5.41, 5.74) is 1.75. The number of carboxylic acid groups (broad SMARTS) is 1. The van der Waals surface area contributed by atoms with Crippen molar-refractivity contribution in [1.82, 2.24) is 0 Å². The zero-order valence-corrected chi connectivity index (χ0v) is 19.2. The van der Waals surface area contributed by atoms with Crippen molar-refractivity contribution < 1.29 is 24.3 Å². The number of hydrogen-bond acceptors (Lipinski definition) is 2. The highest BCUT2D eigenvalue weighted by Gasteiger charge is 2.24. The van der Waals surface area contributed by atoms with Crippen molar-refractivity contribution >= 4 is 62.0 Å². The van der Waals surface area contributed by atoms with Gasteiger partial charge in [-0.3, -0.25) is 4.57 Å². The third kappa shape index (κ3) is 3.49. The second-order valence-electron chi connectivity index (χ2n) is 8.64. The first-order valence-corrected chi connectivity index (χ1v) is 12.6. The van der Waals surface area contributed by atoms with Gasteiger partial charge in [0.2, 0.25) is 0 Å². The summed E-state index contributed by atoms with van der Waals surface area (Å²) in [5, 5.41) is 15.5. The maximum Gasteiger partial charge on any atom is 0.357 e. The van der Waals surface area contributed by atoms with Crippen LogP contribution in [0.4, 0.5) is 0 Å². The quantitative estimate of drug-likeness (QED) is 0.200. The number of rotatable bonds is 3. The molecule has 0 atom stereocenters. The summed E-state index contributed by atoms with van der Waals surface area (Å²) < 4.78 is 12.6. The zero-order valence-electron chi connectivity index (χ0n) is 18.3. The Labute approximate surface area is 200 Å². The van der Waals surface area contributed by atoms with E-state index in [1.165, 1.54) is 0 Å². The lowest BCUT2D eigenvalue weighted by atomic mass is 9.93. The Hall–Kier alpha value is -4.02. The summed E-state index contributed by atoms with van der Waals surface area (Å²) in [5.74, 6) is -1.00. The van der Waals surface area contributed by atoms with E-state index < -0.39 is 13.6 Å². The van der Waals surface area contributed by atoms with Gasteiger partial charge in [-0.1, -0.05) is 72.8 Å². The van der Waals surface area contributed by atoms with E-state index in [0.29, 0.717) is 21.5 Å². The highest BCUT2D eigenvalue weighted by molar-refractivity contribution is 7.61. The van der Waals surface area contributed by atoms with Crippen LogP contribution in [0.3, 0.4) is 0 Å². The van der Waals surface area contributed by atoms with Gasteiger partial charge < -0.3 is 14.9 Å². The fraction of sp³-hybridized carbons (Fsp3) is 0. The first-order valence-electron chi connectivity index (χ1n) is 11.0. The van der Waals surface area contributed by atoms with Crippen LogP contribution < -0.4 is 5.30 Å². The van der Waals surface area contributed by atoms with E-state index in [1.807, 2.05) is 72.8 Å². The van der Waals surface area contributed by atoms with Crippen LogP contribution >= 0.6 is 7.60 Å². The van der Waals surface area contributed by atoms with E-state index in [0.717, 1.165) is 32.7 Å². The lowest BCUT2D eigenvalue weighted by molar-refractivity contribution is 0.0701. The largest absolute Gasteiger partial charge is 0.478 e. The van der Waals surface area contributed by atoms with Crippen molar-refractivity contribution in [2.45, 2.75) is 0 Å². The molecule has 35 heavy (non-hydrogen) atoms. The van der Waals surface area contributed by atoms with Crippen molar-refractivity contribution in [2.75, 3.05) is 0 Å². The molecule has 0 heterocycles. The monoisotopic (exact) mass is 478 g/mol. The molecule has 0 saturated carbocycles. The lowest BCUT2D eigenvalue weighted by Crippen LogP contribution is -2.07. The Morgan fingerprint density at radius 3 is 1.66 bits per heavy atom. The first kappa shape index (κ1) is 21.5. The Morgan fingerprint density at radius 1 is 0.571 bits per heavy atom. The fourth-order valence-electron chi connectivity index (χ4n) is 5.00. The molecule has 0 saturated heterocycles. The minimum Gasteiger partial charge on any atom is -0.478 e. The van der Waals surface area contributed by atoms with E-state index in [1.54, 1.807) is 24.3 Å². The highest BCUT2D eigenvalue weighted by atomic mass is 31.2. The Kier molecular flexibility index (Phi) is 4.77. The van der Waals surface area contributed by atoms with Crippen LogP contribution in [0.25, 0.3) is 54.2 Å². The molecule has 0 aliphatic rings. The summed E-state index contributed by atoms with van der Waals surface area (Å²) in [6, 6.07) is 29.6. The molecule has 0 fully saturated rings. The van der Waals surface area contributed by atoms with Crippen LogP contribution in [0.5, 0.6) is 0 Å². The van der Waals surface area contributed by atoms with Gasteiger partial charge in [-0.2, -0.15) is 0 Å². The second-order valence-corrected chi connectivity index (χ2v) is 10.2. The number of hydrogen-bond donors (Lipinski definition) is 3. The average Bonchev–Trinajstić information content (AvgIpc) is 2.84. The molecule has 5 nitrogen and oxygen atoms in total. The third-order valence-corrected chi connectivity index (χ3v) is 7.60. The number of carbonyl (C=O) groups is 1. The van der Waals surface area contributed by atoms with Crippen LogP contribution in [0.15, 0.2) is 97.1 Å². The van der Waals surface area contributed by atoms with Crippen LogP contribution in [-0.2, 0) is 4.57 Å². The standard InChI is InChI=1S/C29H19O5P/c30-29(31)27-23-7-3-1-5-19(23)13-21-11-9-17(15-25(21)27)18-10-12-22-14-20-6-2-4-8-24(20)28(26(22)16-18)35(32,33)34/h1-16H,(H,30,31)(H2,32,33,34). The average molecular weight is 478 g/mol. The van der Waals surface area contributed by atoms with E-state index in [9.17, 15) is 24.3 Å². The Morgan fingerprint density at radius 2 is 1.06 bits per heavy atom. The molecule has 6 aromatic carbocycles. The third-order valence-electron chi connectivity index (χ3n) is 6.54. The van der Waals surface area contributed by atoms with Crippen molar-refractivity contribution in [3.63, 3.8) is 0 Å². The van der Waals surface area contributed by atoms with Gasteiger partial charge in [0.25, 0.3) is 0 Å². The van der Waals surface area contributed by atoms with E-state index in [2.05, 4.69) is 0 Å². The van der Waals surface area contributed by atoms with Gasteiger partial charge in [0.15, 0.2) is 0 Å². The van der Waals surface area contributed by atoms with E-state index in [-0.39, 0.29) is 10.9 Å². The summed E-state index contributed by atoms with van der Waals surface area (Å²) in [7, 11) is -4.59. The number of aromatic carboxylic acids is 1. The van der Waals surface area contributed by atoms with Gasteiger partial charge in [0.1, 0.15) is 0 Å². The van der Waals surface area contributed by atoms with Gasteiger partial charge in [-0.15, -0.1) is 0 Å². The number of fused-ring (bicyclic) bond motifs is 4. The van der Waals surface area contributed by atoms with Gasteiger partial charge in [0.05, 0.1) is 10.9 Å². The lowest BCUT2D eigenvalue weighted by Gasteiger charge is -2.15. The molecule has 6 heteroatoms. The van der Waals surface area contributed by atoms with Gasteiger partial charge >= 0.3 is 13.6 Å². The normalized spacial score (nSPS) is 12.1. The molecule has 170 valence electrons. The zero-order chi connectivity index (χ0) is 24.3. The van der Waals surface area contributed by atoms with Crippen LogP contribution in [0, 0.1) is 0 Å². The summed E-state index contributed by atoms with van der Waals surface area (Å²) in [6.45, 7) is 0. The van der Waals surface area contributed by atoms with Gasteiger partial charge in [-0.05, 0) is 78.5 Å². The maximum atomic E-state index is 12.6. The minimum absolute atomic E-state index is 0.00505. The van der Waals surface area contributed by atoms with E-state index in [4.69, 9.17) is 0 Å². The molecule has 3 N–H and O–H groups in total. The molecule has 6 rings (SSSR count). The summed E-state index contributed by atoms with van der Waals surface area (Å²) in [4.78, 5) is 32.7. The second kappa shape index (κ2) is 7.76. The molecule has 0 aliphatic carbocycles. The summed E-state index contributed by atoms with van der Waals surface area (Å²) in [6.07, 6.45) is 0. The molecule has 0 amide bonds. The molecule has 0 radical (unpaired) electrons. The molecule has 0 spiro atoms. The summed E-state index contributed by atoms with van der Waals surface area (Å²) >= 11 is 0. The topological polar surface area (TPSA) is 94.8 Å². The minimum atomic E-state index is -4.59. The highest BCUT2D eigenvalue weighted by Crippen LogP contribution is 2.41. The first-order chi connectivity index (χ1) is 16.8. The maximum absolute atomic E-state index is 12.6. The Balaban J connectivity index is 1.65. The van der Waals surface area contributed by atoms with Gasteiger partial charge in [-0.25, -0.2) is 4.79 Å². The predicted molar refractivity (Wildman–Crippen MR) is 141 cm³/mol.